The second-order valence-electron chi connectivity index (χ2n) is 11.8. The first-order chi connectivity index (χ1) is 23.6. The molecule has 0 aliphatic carbocycles. The summed E-state index contributed by atoms with van der Waals surface area (Å²) in [5.41, 5.74) is 8.86. The van der Waals surface area contributed by atoms with E-state index < -0.39 is 0 Å². The predicted octanol–water partition coefficient (Wildman–Crippen LogP) is 9.72. The first kappa shape index (κ1) is 30.5. The Labute approximate surface area is 282 Å². The van der Waals surface area contributed by atoms with Gasteiger partial charge < -0.3 is 14.0 Å². The van der Waals surface area contributed by atoms with Crippen molar-refractivity contribution in [2.45, 2.75) is 11.8 Å². The van der Waals surface area contributed by atoms with Gasteiger partial charge in [0, 0.05) is 40.0 Å². The number of methoxy groups -OCH3 is 2. The first-order valence-corrected chi connectivity index (χ1v) is 16.0. The Morgan fingerprint density at radius 1 is 0.458 bits per heavy atom. The van der Waals surface area contributed by atoms with Gasteiger partial charge in [-0.3, -0.25) is 0 Å². The lowest BCUT2D eigenvalue weighted by Crippen LogP contribution is -1.99. The molecule has 7 aromatic rings. The Balaban J connectivity index is 1.37. The van der Waals surface area contributed by atoms with Gasteiger partial charge in [0.1, 0.15) is 11.5 Å². The third kappa shape index (κ3) is 6.28. The van der Waals surface area contributed by atoms with Crippen molar-refractivity contribution in [2.75, 3.05) is 14.2 Å². The number of benzene rings is 6. The van der Waals surface area contributed by atoms with E-state index in [9.17, 15) is 0 Å². The van der Waals surface area contributed by atoms with Gasteiger partial charge >= 0.3 is 0 Å². The topological polar surface area (TPSA) is 23.4 Å². The molecule has 0 radical (unpaired) electrons. The van der Waals surface area contributed by atoms with Crippen LogP contribution in [0.25, 0.3) is 21.8 Å². The number of ether oxygens (including phenoxy) is 2. The van der Waals surface area contributed by atoms with Gasteiger partial charge in [-0.2, -0.15) is 0 Å². The van der Waals surface area contributed by atoms with Crippen molar-refractivity contribution >= 4 is 21.8 Å². The highest BCUT2D eigenvalue weighted by Crippen LogP contribution is 2.36. The number of hydrogen-bond acceptors (Lipinski definition) is 2. The van der Waals surface area contributed by atoms with Gasteiger partial charge in [0.25, 0.3) is 0 Å². The third-order valence-corrected chi connectivity index (χ3v) is 8.89. The van der Waals surface area contributed by atoms with Gasteiger partial charge in [0.05, 0.1) is 26.1 Å². The van der Waals surface area contributed by atoms with Gasteiger partial charge in [0.15, 0.2) is 0 Å². The zero-order valence-electron chi connectivity index (χ0n) is 27.3. The Hall–Kier alpha value is -6.16. The van der Waals surface area contributed by atoms with Crippen molar-refractivity contribution in [3.05, 3.63) is 179 Å². The molecule has 0 bridgehead atoms. The minimum atomic E-state index is -0.122. The smallest absolute Gasteiger partial charge is 0.118 e. The maximum atomic E-state index is 5.45. The van der Waals surface area contributed by atoms with E-state index in [1.54, 1.807) is 14.2 Å². The average Bonchev–Trinajstić information content (AvgIpc) is 3.43. The van der Waals surface area contributed by atoms with Crippen molar-refractivity contribution in [1.82, 2.24) is 4.57 Å². The lowest BCUT2D eigenvalue weighted by Gasteiger charge is -2.14. The summed E-state index contributed by atoms with van der Waals surface area (Å²) < 4.78 is 13.2. The number of rotatable bonds is 6. The van der Waals surface area contributed by atoms with Crippen LogP contribution in [-0.2, 0) is 7.05 Å². The summed E-state index contributed by atoms with van der Waals surface area (Å²) in [5, 5.41) is 2.38. The molecular weight excluding hydrogens is 587 g/mol. The molecule has 0 aliphatic heterocycles. The van der Waals surface area contributed by atoms with Crippen LogP contribution in [0.1, 0.15) is 45.2 Å². The Kier molecular flexibility index (Phi) is 8.69. The monoisotopic (exact) mass is 621 g/mol. The molecule has 6 aromatic carbocycles. The van der Waals surface area contributed by atoms with Crippen LogP contribution in [0.3, 0.4) is 0 Å². The molecule has 3 nitrogen and oxygen atoms in total. The molecule has 0 saturated heterocycles. The summed E-state index contributed by atoms with van der Waals surface area (Å²) in [6, 6.07) is 50.3. The van der Waals surface area contributed by atoms with Crippen LogP contribution in [0.15, 0.2) is 146 Å². The number of aromatic nitrogens is 1. The van der Waals surface area contributed by atoms with Crippen LogP contribution >= 0.6 is 0 Å². The lowest BCUT2D eigenvalue weighted by molar-refractivity contribution is 0.414. The van der Waals surface area contributed by atoms with Gasteiger partial charge in [-0.1, -0.05) is 96.5 Å². The van der Waals surface area contributed by atoms with Crippen LogP contribution in [0.2, 0.25) is 0 Å². The minimum absolute atomic E-state index is 0.122. The average molecular weight is 622 g/mol. The van der Waals surface area contributed by atoms with Crippen molar-refractivity contribution < 1.29 is 9.47 Å². The second-order valence-corrected chi connectivity index (χ2v) is 11.8. The third-order valence-electron chi connectivity index (χ3n) is 8.89. The molecule has 7 rings (SSSR count). The fourth-order valence-corrected chi connectivity index (χ4v) is 6.28. The van der Waals surface area contributed by atoms with E-state index in [2.05, 4.69) is 96.0 Å². The summed E-state index contributed by atoms with van der Waals surface area (Å²) in [6.07, 6.45) is 0. The number of hydrogen-bond donors (Lipinski definition) is 0. The number of aryl methyl sites for hydroxylation is 1. The second kappa shape index (κ2) is 13.7. The zero-order valence-corrected chi connectivity index (χ0v) is 27.3. The molecule has 0 N–H and O–H groups in total. The fraction of sp³-hybridized carbons (Fsp3) is 0.111. The molecule has 2 unspecified atom stereocenters. The van der Waals surface area contributed by atoms with E-state index in [0.29, 0.717) is 0 Å². The Morgan fingerprint density at radius 3 is 1.21 bits per heavy atom. The normalized spacial score (nSPS) is 12.0. The van der Waals surface area contributed by atoms with Gasteiger partial charge in [0.2, 0.25) is 0 Å². The zero-order chi connectivity index (χ0) is 32.9. The van der Waals surface area contributed by atoms with Gasteiger partial charge in [-0.05, 0) is 95.1 Å². The van der Waals surface area contributed by atoms with E-state index in [1.165, 1.54) is 21.8 Å². The van der Waals surface area contributed by atoms with Gasteiger partial charge in [-0.15, -0.1) is 0 Å². The molecule has 2 atom stereocenters. The number of nitrogens with zero attached hydrogens (tertiary/aromatic N) is 1. The van der Waals surface area contributed by atoms with Crippen molar-refractivity contribution in [2.24, 2.45) is 7.05 Å². The van der Waals surface area contributed by atoms with Crippen molar-refractivity contribution in [3.63, 3.8) is 0 Å². The SMILES string of the molecule is COc1ccc(C(C#Cc2ccccc2)c2ccc3c(c2)c2cc(C(C#Cc4ccccc4)c4ccc(OC)cc4)ccc2n3C)cc1. The largest absolute Gasteiger partial charge is 0.497 e. The molecule has 0 amide bonds. The number of fused-ring (bicyclic) bond motifs is 3. The Morgan fingerprint density at radius 2 is 0.833 bits per heavy atom. The molecule has 0 aliphatic rings. The predicted molar refractivity (Wildman–Crippen MR) is 197 cm³/mol. The van der Waals surface area contributed by atoms with Crippen LogP contribution < -0.4 is 9.47 Å². The van der Waals surface area contributed by atoms with Crippen LogP contribution in [0.4, 0.5) is 0 Å². The van der Waals surface area contributed by atoms with E-state index in [1.807, 2.05) is 84.9 Å². The molecule has 1 heterocycles. The highest BCUT2D eigenvalue weighted by molar-refractivity contribution is 6.08. The van der Waals surface area contributed by atoms with E-state index in [-0.39, 0.29) is 11.8 Å². The standard InChI is InChI=1S/C45H35NO2/c1-46-44-28-20-36(40(26-14-32-10-6-4-7-11-32)34-16-22-38(47-2)23-17-34)30-42(44)43-31-37(21-29-45(43)46)41(27-15-33-12-8-5-9-13-33)35-18-24-39(48-3)25-19-35/h4-13,16-25,28-31,40-41H,1-3H3. The summed E-state index contributed by atoms with van der Waals surface area (Å²) in [4.78, 5) is 0. The van der Waals surface area contributed by atoms with E-state index in [0.717, 1.165) is 44.9 Å². The van der Waals surface area contributed by atoms with Crippen LogP contribution in [-0.4, -0.2) is 18.8 Å². The van der Waals surface area contributed by atoms with Crippen molar-refractivity contribution in [1.29, 1.82) is 0 Å². The molecule has 0 saturated carbocycles. The molecule has 232 valence electrons. The highest BCUT2D eigenvalue weighted by Gasteiger charge is 2.18. The molecular formula is C45H35NO2. The maximum Gasteiger partial charge on any atom is 0.118 e. The summed E-state index contributed by atoms with van der Waals surface area (Å²) in [7, 11) is 5.52. The molecule has 0 spiro atoms. The summed E-state index contributed by atoms with van der Waals surface area (Å²) >= 11 is 0. The molecule has 3 heteroatoms. The maximum absolute atomic E-state index is 5.45. The van der Waals surface area contributed by atoms with Crippen LogP contribution in [0, 0.1) is 23.7 Å². The molecule has 0 fully saturated rings. The van der Waals surface area contributed by atoms with Crippen LogP contribution in [0.5, 0.6) is 11.5 Å². The van der Waals surface area contributed by atoms with Gasteiger partial charge in [-0.25, -0.2) is 0 Å². The van der Waals surface area contributed by atoms with Crippen molar-refractivity contribution in [3.8, 4) is 35.2 Å². The minimum Gasteiger partial charge on any atom is -0.497 e. The molecule has 1 aromatic heterocycles. The first-order valence-electron chi connectivity index (χ1n) is 16.0. The highest BCUT2D eigenvalue weighted by atomic mass is 16.5. The molecule has 48 heavy (non-hydrogen) atoms. The fourth-order valence-electron chi connectivity index (χ4n) is 6.28. The van der Waals surface area contributed by atoms with E-state index in [4.69, 9.17) is 9.47 Å². The quantitative estimate of drug-likeness (QED) is 0.173. The summed E-state index contributed by atoms with van der Waals surface area (Å²) in [5.74, 6) is 15.4. The Bertz CT molecular complexity index is 2150. The lowest BCUT2D eigenvalue weighted by atomic mass is 9.89. The summed E-state index contributed by atoms with van der Waals surface area (Å²) in [6.45, 7) is 0. The van der Waals surface area contributed by atoms with E-state index >= 15 is 0 Å².